The van der Waals surface area contributed by atoms with Crippen LogP contribution < -0.4 is 5.32 Å². The first kappa shape index (κ1) is 14.8. The van der Waals surface area contributed by atoms with Gasteiger partial charge in [-0.25, -0.2) is 0 Å². The minimum Gasteiger partial charge on any atom is -0.305 e. The van der Waals surface area contributed by atoms with Crippen molar-refractivity contribution in [2.24, 2.45) is 0 Å². The predicted octanol–water partition coefficient (Wildman–Crippen LogP) is 3.99. The van der Waals surface area contributed by atoms with Crippen molar-refractivity contribution in [2.75, 3.05) is 6.54 Å². The van der Waals surface area contributed by atoms with E-state index >= 15 is 0 Å². The lowest BCUT2D eigenvalue weighted by Gasteiger charge is -2.31. The molecule has 1 aromatic rings. The van der Waals surface area contributed by atoms with Gasteiger partial charge in [-0.3, -0.25) is 4.79 Å². The second-order valence-electron chi connectivity index (χ2n) is 6.78. The quantitative estimate of drug-likeness (QED) is 0.886. The van der Waals surface area contributed by atoms with Crippen LogP contribution in [0, 0.1) is 0 Å². The molecule has 1 aliphatic carbocycles. The molecule has 1 saturated heterocycles. The third-order valence-electron chi connectivity index (χ3n) is 5.38. The van der Waals surface area contributed by atoms with Gasteiger partial charge >= 0.3 is 0 Å². The van der Waals surface area contributed by atoms with Gasteiger partial charge in [0.25, 0.3) is 0 Å². The van der Waals surface area contributed by atoms with Crippen molar-refractivity contribution in [1.82, 2.24) is 5.32 Å². The first-order valence-corrected chi connectivity index (χ1v) is 8.61. The third-order valence-corrected chi connectivity index (χ3v) is 5.38. The van der Waals surface area contributed by atoms with Gasteiger partial charge in [0.05, 0.1) is 5.54 Å². The van der Waals surface area contributed by atoms with Gasteiger partial charge in [0.2, 0.25) is 0 Å². The van der Waals surface area contributed by atoms with E-state index in [1.165, 1.54) is 30.4 Å². The van der Waals surface area contributed by atoms with Crippen molar-refractivity contribution in [3.63, 3.8) is 0 Å². The summed E-state index contributed by atoms with van der Waals surface area (Å²) in [6, 6.07) is 8.72. The summed E-state index contributed by atoms with van der Waals surface area (Å²) >= 11 is 0. The lowest BCUT2D eigenvalue weighted by Crippen LogP contribution is -2.48. The van der Waals surface area contributed by atoms with Gasteiger partial charge in [0, 0.05) is 6.42 Å². The highest BCUT2D eigenvalue weighted by Gasteiger charge is 2.40. The van der Waals surface area contributed by atoms with Crippen LogP contribution in [0.1, 0.15) is 68.9 Å². The lowest BCUT2D eigenvalue weighted by molar-refractivity contribution is -0.125. The Morgan fingerprint density at radius 1 is 1.33 bits per heavy atom. The molecule has 2 nitrogen and oxygen atoms in total. The van der Waals surface area contributed by atoms with Crippen molar-refractivity contribution in [2.45, 2.75) is 69.7 Å². The number of rotatable bonds is 5. The van der Waals surface area contributed by atoms with Crippen LogP contribution in [0.5, 0.6) is 0 Å². The first-order chi connectivity index (χ1) is 10.2. The van der Waals surface area contributed by atoms with Gasteiger partial charge in [0.1, 0.15) is 0 Å². The third kappa shape index (κ3) is 2.91. The zero-order valence-corrected chi connectivity index (χ0v) is 13.2. The van der Waals surface area contributed by atoms with Crippen molar-refractivity contribution >= 4 is 5.78 Å². The smallest absolute Gasteiger partial charge is 0.153 e. The molecular weight excluding hydrogens is 258 g/mol. The molecule has 2 heteroatoms. The van der Waals surface area contributed by atoms with Gasteiger partial charge in [-0.1, -0.05) is 37.6 Å². The molecule has 1 N–H and O–H groups in total. The van der Waals surface area contributed by atoms with Gasteiger partial charge in [0.15, 0.2) is 5.78 Å². The number of fused-ring (bicyclic) bond motifs is 1. The summed E-state index contributed by atoms with van der Waals surface area (Å²) in [4.78, 5) is 13.0. The molecule has 0 bridgehead atoms. The van der Waals surface area contributed by atoms with E-state index < -0.39 is 0 Å². The van der Waals surface area contributed by atoms with Crippen molar-refractivity contribution in [1.29, 1.82) is 0 Å². The summed E-state index contributed by atoms with van der Waals surface area (Å²) in [5.74, 6) is 0.905. The molecule has 0 radical (unpaired) electrons. The molecule has 0 spiro atoms. The van der Waals surface area contributed by atoms with Crippen LogP contribution in [0.2, 0.25) is 0 Å². The highest BCUT2D eigenvalue weighted by molar-refractivity contribution is 5.89. The SMILES string of the molecule is CCCC1(C(=O)CC2CCCc3ccccc32)CCCN1. The molecule has 1 fully saturated rings. The first-order valence-electron chi connectivity index (χ1n) is 8.61. The Bertz CT molecular complexity index is 502. The van der Waals surface area contributed by atoms with Gasteiger partial charge in [-0.05, 0) is 62.1 Å². The normalized spacial score (nSPS) is 28.3. The molecule has 21 heavy (non-hydrogen) atoms. The van der Waals surface area contributed by atoms with E-state index in [4.69, 9.17) is 0 Å². The number of aryl methyl sites for hydroxylation is 1. The number of nitrogens with one attached hydrogen (secondary N) is 1. The second-order valence-corrected chi connectivity index (χ2v) is 6.78. The number of Topliss-reactive ketones (excluding diaryl/α,β-unsaturated/α-hetero) is 1. The summed E-state index contributed by atoms with van der Waals surface area (Å²) in [7, 11) is 0. The summed E-state index contributed by atoms with van der Waals surface area (Å²) < 4.78 is 0. The number of hydrogen-bond donors (Lipinski definition) is 1. The Kier molecular flexibility index (Phi) is 4.44. The van der Waals surface area contributed by atoms with E-state index in [1.807, 2.05) is 0 Å². The Hall–Kier alpha value is -1.15. The molecular formula is C19H27NO. The summed E-state index contributed by atoms with van der Waals surface area (Å²) in [5.41, 5.74) is 2.69. The van der Waals surface area contributed by atoms with Gasteiger partial charge in [-0.15, -0.1) is 0 Å². The Labute approximate surface area is 128 Å². The van der Waals surface area contributed by atoms with E-state index in [0.29, 0.717) is 11.7 Å². The highest BCUT2D eigenvalue weighted by Crippen LogP contribution is 2.37. The fourth-order valence-corrected chi connectivity index (χ4v) is 4.31. The Balaban J connectivity index is 1.76. The molecule has 114 valence electrons. The zero-order valence-electron chi connectivity index (χ0n) is 13.2. The van der Waals surface area contributed by atoms with Crippen LogP contribution in [0.4, 0.5) is 0 Å². The molecule has 2 aliphatic rings. The largest absolute Gasteiger partial charge is 0.305 e. The lowest BCUT2D eigenvalue weighted by atomic mass is 9.76. The molecule has 2 unspecified atom stereocenters. The van der Waals surface area contributed by atoms with Crippen molar-refractivity contribution < 1.29 is 4.79 Å². The van der Waals surface area contributed by atoms with E-state index in [0.717, 1.165) is 38.6 Å². The summed E-state index contributed by atoms with van der Waals surface area (Å²) in [5, 5.41) is 3.53. The van der Waals surface area contributed by atoms with Crippen LogP contribution in [0.15, 0.2) is 24.3 Å². The molecule has 2 atom stereocenters. The summed E-state index contributed by atoms with van der Waals surface area (Å²) in [6.45, 7) is 3.19. The standard InChI is InChI=1S/C19H27NO/c1-2-11-19(12-6-13-20-19)18(21)14-16-9-5-8-15-7-3-4-10-17(15)16/h3-4,7,10,16,20H,2,5-6,8-9,11-14H2,1H3. The maximum absolute atomic E-state index is 13.0. The average Bonchev–Trinajstić information content (AvgIpc) is 2.98. The van der Waals surface area contributed by atoms with Crippen LogP contribution in [-0.4, -0.2) is 17.9 Å². The maximum Gasteiger partial charge on any atom is 0.153 e. The fraction of sp³-hybridized carbons (Fsp3) is 0.632. The maximum atomic E-state index is 13.0. The van der Waals surface area contributed by atoms with E-state index in [1.54, 1.807) is 0 Å². The second kappa shape index (κ2) is 6.31. The molecule has 1 heterocycles. The predicted molar refractivity (Wildman–Crippen MR) is 86.6 cm³/mol. The van der Waals surface area contributed by atoms with E-state index in [-0.39, 0.29) is 5.54 Å². The molecule has 0 aromatic heterocycles. The number of carbonyl (C=O) groups is 1. The van der Waals surface area contributed by atoms with Crippen molar-refractivity contribution in [3.8, 4) is 0 Å². The van der Waals surface area contributed by atoms with Crippen LogP contribution in [0.3, 0.4) is 0 Å². The number of carbonyl (C=O) groups excluding carboxylic acids is 1. The fourth-order valence-electron chi connectivity index (χ4n) is 4.31. The summed E-state index contributed by atoms with van der Waals surface area (Å²) in [6.07, 6.45) is 8.57. The van der Waals surface area contributed by atoms with Gasteiger partial charge in [-0.2, -0.15) is 0 Å². The topological polar surface area (TPSA) is 29.1 Å². The van der Waals surface area contributed by atoms with Crippen LogP contribution in [0.25, 0.3) is 0 Å². The Morgan fingerprint density at radius 3 is 2.95 bits per heavy atom. The highest BCUT2D eigenvalue weighted by atomic mass is 16.1. The van der Waals surface area contributed by atoms with Crippen LogP contribution >= 0.6 is 0 Å². The van der Waals surface area contributed by atoms with Crippen LogP contribution in [-0.2, 0) is 11.2 Å². The monoisotopic (exact) mass is 285 g/mol. The minimum absolute atomic E-state index is 0.207. The average molecular weight is 285 g/mol. The molecule has 1 aromatic carbocycles. The van der Waals surface area contributed by atoms with Crippen molar-refractivity contribution in [3.05, 3.63) is 35.4 Å². The number of benzene rings is 1. The number of hydrogen-bond acceptors (Lipinski definition) is 2. The number of ketones is 1. The van der Waals surface area contributed by atoms with E-state index in [9.17, 15) is 4.79 Å². The molecule has 1 aliphatic heterocycles. The molecule has 0 amide bonds. The van der Waals surface area contributed by atoms with Gasteiger partial charge < -0.3 is 5.32 Å². The Morgan fingerprint density at radius 2 is 2.19 bits per heavy atom. The molecule has 0 saturated carbocycles. The zero-order chi connectivity index (χ0) is 14.7. The van der Waals surface area contributed by atoms with E-state index in [2.05, 4.69) is 36.5 Å². The molecule has 3 rings (SSSR count). The minimum atomic E-state index is -0.207.